The number of carbonyl (C=O) groups excluding carboxylic acids is 1. The van der Waals surface area contributed by atoms with Gasteiger partial charge in [-0.2, -0.15) is 0 Å². The monoisotopic (exact) mass is 489 g/mol. The third-order valence-electron chi connectivity index (χ3n) is 7.25. The Labute approximate surface area is 206 Å². The van der Waals surface area contributed by atoms with Gasteiger partial charge in [0, 0.05) is 37.3 Å². The first-order valence-electron chi connectivity index (χ1n) is 11.9. The van der Waals surface area contributed by atoms with Crippen LogP contribution in [0.4, 0.5) is 4.39 Å². The molecule has 1 heterocycles. The van der Waals surface area contributed by atoms with E-state index in [0.717, 1.165) is 54.9 Å². The van der Waals surface area contributed by atoms with E-state index in [4.69, 9.17) is 25.8 Å². The molecule has 0 bridgehead atoms. The Hall–Kier alpha value is -2.15. The Morgan fingerprint density at radius 2 is 1.88 bits per heavy atom. The average Bonchev–Trinajstić information content (AvgIpc) is 3.67. The minimum Gasteiger partial charge on any atom is -0.490 e. The second kappa shape index (κ2) is 10.2. The molecule has 1 saturated carbocycles. The summed E-state index contributed by atoms with van der Waals surface area (Å²) in [7, 11) is 2.97. The molecule has 1 saturated heterocycles. The van der Waals surface area contributed by atoms with E-state index < -0.39 is 17.4 Å². The van der Waals surface area contributed by atoms with Crippen molar-refractivity contribution < 1.29 is 23.4 Å². The maximum atomic E-state index is 14.6. The van der Waals surface area contributed by atoms with Crippen molar-refractivity contribution in [2.24, 2.45) is 0 Å². The number of hydrogen-bond acceptors (Lipinski definition) is 5. The number of rotatable bonds is 8. The van der Waals surface area contributed by atoms with Crippen LogP contribution >= 0.6 is 11.6 Å². The average molecular weight is 490 g/mol. The fraction of sp³-hybridized carbons (Fsp3) is 0.519. The Bertz CT molecular complexity index is 1030. The summed E-state index contributed by atoms with van der Waals surface area (Å²) in [6.45, 7) is 6.31. The number of piperidine rings is 1. The summed E-state index contributed by atoms with van der Waals surface area (Å²) in [5, 5.41) is 0.760. The zero-order valence-electron chi connectivity index (χ0n) is 20.3. The molecule has 34 heavy (non-hydrogen) atoms. The number of hydrogen-bond donors (Lipinski definition) is 0. The van der Waals surface area contributed by atoms with E-state index in [-0.39, 0.29) is 11.6 Å². The lowest BCUT2D eigenvalue weighted by molar-refractivity contribution is -0.0877. The summed E-state index contributed by atoms with van der Waals surface area (Å²) in [5.74, 6) is -0.510. The van der Waals surface area contributed by atoms with Gasteiger partial charge in [0.25, 0.3) is 0 Å². The number of likely N-dealkylation sites (tertiary alicyclic amines) is 1. The van der Waals surface area contributed by atoms with Crippen molar-refractivity contribution in [2.45, 2.75) is 57.1 Å². The summed E-state index contributed by atoms with van der Waals surface area (Å²) in [4.78, 5) is 14.4. The predicted octanol–water partition coefficient (Wildman–Crippen LogP) is 6.07. The first-order chi connectivity index (χ1) is 16.2. The van der Waals surface area contributed by atoms with Crippen molar-refractivity contribution in [3.8, 4) is 5.75 Å². The van der Waals surface area contributed by atoms with Gasteiger partial charge in [0.1, 0.15) is 23.8 Å². The van der Waals surface area contributed by atoms with Crippen LogP contribution in [0.3, 0.4) is 0 Å². The molecule has 0 amide bonds. The fourth-order valence-corrected chi connectivity index (χ4v) is 5.13. The van der Waals surface area contributed by atoms with Crippen LogP contribution in [0, 0.1) is 12.7 Å². The van der Waals surface area contributed by atoms with Crippen molar-refractivity contribution in [2.75, 3.05) is 33.9 Å². The van der Waals surface area contributed by atoms with Crippen LogP contribution in [-0.2, 0) is 9.47 Å². The first kappa shape index (κ1) is 25.0. The second-order valence-electron chi connectivity index (χ2n) is 9.59. The van der Waals surface area contributed by atoms with Gasteiger partial charge in [-0.3, -0.25) is 4.90 Å². The van der Waals surface area contributed by atoms with Crippen LogP contribution in [0.1, 0.15) is 71.6 Å². The number of carbonyl (C=O) groups is 1. The predicted molar refractivity (Wildman–Crippen MR) is 130 cm³/mol. The number of esters is 1. The Balaban J connectivity index is 1.44. The number of benzene rings is 2. The number of methoxy groups -OCH3 is 2. The van der Waals surface area contributed by atoms with E-state index in [1.165, 1.54) is 18.7 Å². The molecule has 2 aliphatic rings. The zero-order valence-corrected chi connectivity index (χ0v) is 21.1. The highest BCUT2D eigenvalue weighted by molar-refractivity contribution is 6.30. The lowest BCUT2D eigenvalue weighted by atomic mass is 9.90. The summed E-state index contributed by atoms with van der Waals surface area (Å²) in [6, 6.07) is 9.34. The van der Waals surface area contributed by atoms with E-state index in [1.54, 1.807) is 13.2 Å². The molecule has 2 fully saturated rings. The molecule has 0 radical (unpaired) electrons. The Kier molecular flexibility index (Phi) is 7.51. The van der Waals surface area contributed by atoms with E-state index in [2.05, 4.69) is 24.8 Å². The lowest BCUT2D eigenvalue weighted by Gasteiger charge is -2.43. The zero-order chi connectivity index (χ0) is 24.5. The molecular formula is C27H33ClFNO4. The van der Waals surface area contributed by atoms with Crippen molar-refractivity contribution in [1.82, 2.24) is 4.90 Å². The van der Waals surface area contributed by atoms with Gasteiger partial charge in [-0.25, -0.2) is 9.18 Å². The number of ether oxygens (including phenoxy) is 3. The molecule has 2 aromatic rings. The molecule has 1 unspecified atom stereocenters. The normalized spacial score (nSPS) is 19.0. The second-order valence-corrected chi connectivity index (χ2v) is 10.0. The van der Waals surface area contributed by atoms with Crippen LogP contribution in [0.15, 0.2) is 30.3 Å². The minimum absolute atomic E-state index is 0.0447. The molecule has 5 nitrogen and oxygen atoms in total. The highest BCUT2D eigenvalue weighted by atomic mass is 35.5. The van der Waals surface area contributed by atoms with Gasteiger partial charge in [-0.1, -0.05) is 17.7 Å². The summed E-state index contributed by atoms with van der Waals surface area (Å²) in [6.07, 6.45) is 3.62. The molecule has 7 heteroatoms. The van der Waals surface area contributed by atoms with Crippen molar-refractivity contribution in [3.63, 3.8) is 0 Å². The molecule has 184 valence electrons. The van der Waals surface area contributed by atoms with E-state index in [1.807, 2.05) is 12.1 Å². The van der Waals surface area contributed by atoms with Crippen LogP contribution in [0.25, 0.3) is 0 Å². The molecule has 0 spiro atoms. The third-order valence-corrected chi connectivity index (χ3v) is 7.47. The van der Waals surface area contributed by atoms with Crippen molar-refractivity contribution in [1.29, 1.82) is 0 Å². The van der Waals surface area contributed by atoms with Crippen LogP contribution in [0.5, 0.6) is 5.75 Å². The third kappa shape index (κ3) is 5.40. The molecule has 0 N–H and O–H groups in total. The topological polar surface area (TPSA) is 48.0 Å². The fourth-order valence-electron chi connectivity index (χ4n) is 4.83. The smallest absolute Gasteiger partial charge is 0.340 e. The maximum Gasteiger partial charge on any atom is 0.340 e. The standard InChI is InChI=1S/C27H33ClFNO4/c1-17-11-20(13-21(28)12-17)18(2)30-9-7-27(33-4,8-10-30)16-34-25-15-24(29)23(26(31)32-3)14-22(25)19-5-6-19/h11-15,18-19H,5-10,16H2,1-4H3. The van der Waals surface area contributed by atoms with Gasteiger partial charge in [0.2, 0.25) is 0 Å². The number of halogens is 2. The summed E-state index contributed by atoms with van der Waals surface area (Å²) < 4.78 is 31.5. The first-order valence-corrected chi connectivity index (χ1v) is 12.2. The molecule has 2 aromatic carbocycles. The number of aryl methyl sites for hydroxylation is 1. The van der Waals surface area contributed by atoms with Crippen molar-refractivity contribution in [3.05, 3.63) is 63.4 Å². The van der Waals surface area contributed by atoms with Crippen molar-refractivity contribution >= 4 is 17.6 Å². The van der Waals surface area contributed by atoms with Crippen LogP contribution < -0.4 is 4.74 Å². The largest absolute Gasteiger partial charge is 0.490 e. The molecular weight excluding hydrogens is 457 g/mol. The SMILES string of the molecule is COC(=O)c1cc(C2CC2)c(OCC2(OC)CCN(C(C)c3cc(C)cc(Cl)c3)CC2)cc1F. The van der Waals surface area contributed by atoms with E-state index >= 15 is 0 Å². The van der Waals surface area contributed by atoms with Gasteiger partial charge in [0.05, 0.1) is 12.7 Å². The minimum atomic E-state index is -0.671. The van der Waals surface area contributed by atoms with E-state index in [0.29, 0.717) is 18.3 Å². The lowest BCUT2D eigenvalue weighted by Crippen LogP contribution is -2.49. The number of nitrogens with zero attached hydrogens (tertiary/aromatic N) is 1. The molecule has 1 atom stereocenters. The molecule has 1 aliphatic heterocycles. The Morgan fingerprint density at radius 1 is 1.18 bits per heavy atom. The van der Waals surface area contributed by atoms with Gasteiger partial charge in [-0.05, 0) is 80.3 Å². The molecule has 0 aromatic heterocycles. The highest BCUT2D eigenvalue weighted by Gasteiger charge is 2.38. The van der Waals surface area contributed by atoms with E-state index in [9.17, 15) is 9.18 Å². The van der Waals surface area contributed by atoms with Gasteiger partial charge in [-0.15, -0.1) is 0 Å². The summed E-state index contributed by atoms with van der Waals surface area (Å²) >= 11 is 6.28. The van der Waals surface area contributed by atoms with Gasteiger partial charge >= 0.3 is 5.97 Å². The Morgan fingerprint density at radius 3 is 2.47 bits per heavy atom. The summed E-state index contributed by atoms with van der Waals surface area (Å²) in [5.41, 5.74) is 2.75. The van der Waals surface area contributed by atoms with Gasteiger partial charge < -0.3 is 14.2 Å². The highest BCUT2D eigenvalue weighted by Crippen LogP contribution is 2.45. The van der Waals surface area contributed by atoms with Gasteiger partial charge in [0.15, 0.2) is 0 Å². The molecule has 1 aliphatic carbocycles. The quantitative estimate of drug-likeness (QED) is 0.421. The molecule has 4 rings (SSSR count). The maximum absolute atomic E-state index is 14.6. The van der Waals surface area contributed by atoms with Crippen LogP contribution in [0.2, 0.25) is 5.02 Å². The van der Waals surface area contributed by atoms with Crippen LogP contribution in [-0.4, -0.2) is 50.4 Å².